The summed E-state index contributed by atoms with van der Waals surface area (Å²) in [4.78, 5) is 51.6. The van der Waals surface area contributed by atoms with Gasteiger partial charge in [0.1, 0.15) is 29.5 Å². The molecular weight excluding hydrogens is 638 g/mol. The van der Waals surface area contributed by atoms with Crippen molar-refractivity contribution in [2.24, 2.45) is 0 Å². The lowest BCUT2D eigenvalue weighted by atomic mass is 10.2. The molecule has 240 valence electrons. The number of methoxy groups -OCH3 is 2. The fraction of sp³-hybridized carbons (Fsp3) is 0.667. The van der Waals surface area contributed by atoms with Gasteiger partial charge in [-0.15, -0.1) is 23.2 Å². The summed E-state index contributed by atoms with van der Waals surface area (Å²) >= 11 is 11.6. The Kier molecular flexibility index (Phi) is 11.3. The minimum atomic E-state index is -4.36. The zero-order chi connectivity index (χ0) is 31.5. The number of nitrogens with zero attached hydrogens (tertiary/aromatic N) is 2. The van der Waals surface area contributed by atoms with Gasteiger partial charge in [0, 0.05) is 50.6 Å². The number of hydrogen-bond donors (Lipinski definition) is 2. The van der Waals surface area contributed by atoms with Crippen molar-refractivity contribution in [1.29, 1.82) is 0 Å². The Balaban J connectivity index is 1.44. The molecule has 0 radical (unpaired) electrons. The SMILES string of the molecule is CO[C@H]1C[C@H](n2cc(C)c(=O)[nH]c2=O)O[C@@H]1COP(=O)(OCC(Cl)Cl)OC[C@H]1O[C@@H](n2cc(C)c(=O)[nH]c2=O)C[C@@H]1OC. The molecule has 0 unspecified atom stereocenters. The van der Waals surface area contributed by atoms with Crippen molar-refractivity contribution < 1.29 is 37.1 Å². The molecule has 2 aromatic heterocycles. The van der Waals surface area contributed by atoms with Gasteiger partial charge in [-0.05, 0) is 13.8 Å². The molecule has 2 fully saturated rings. The average Bonchev–Trinajstić information content (AvgIpc) is 3.57. The van der Waals surface area contributed by atoms with Crippen molar-refractivity contribution in [2.75, 3.05) is 34.0 Å². The van der Waals surface area contributed by atoms with Crippen LogP contribution in [0, 0.1) is 13.8 Å². The third kappa shape index (κ3) is 8.14. The predicted octanol–water partition coefficient (Wildman–Crippen LogP) is 1.27. The number of phosphoric ester groups is 1. The molecular formula is C24H33Cl2N4O12P. The van der Waals surface area contributed by atoms with E-state index in [0.29, 0.717) is 11.1 Å². The van der Waals surface area contributed by atoms with E-state index >= 15 is 0 Å². The monoisotopic (exact) mass is 670 g/mol. The van der Waals surface area contributed by atoms with Gasteiger partial charge >= 0.3 is 19.2 Å². The number of hydrogen-bond acceptors (Lipinski definition) is 12. The fourth-order valence-electron chi connectivity index (χ4n) is 4.73. The van der Waals surface area contributed by atoms with Crippen LogP contribution < -0.4 is 22.5 Å². The number of H-pyrrole nitrogens is 2. The molecule has 0 aromatic carbocycles. The minimum absolute atomic E-state index is 0.226. The maximum absolute atomic E-state index is 13.6. The molecule has 0 spiro atoms. The predicted molar refractivity (Wildman–Crippen MR) is 152 cm³/mol. The van der Waals surface area contributed by atoms with Gasteiger partial charge in [0.15, 0.2) is 0 Å². The van der Waals surface area contributed by atoms with Crippen LogP contribution in [-0.4, -0.2) is 82.4 Å². The quantitative estimate of drug-likeness (QED) is 0.229. The van der Waals surface area contributed by atoms with Crippen LogP contribution in [0.1, 0.15) is 36.4 Å². The van der Waals surface area contributed by atoms with Crippen molar-refractivity contribution in [3.8, 4) is 0 Å². The van der Waals surface area contributed by atoms with E-state index in [4.69, 9.17) is 55.7 Å². The first-order valence-electron chi connectivity index (χ1n) is 13.2. The normalized spacial score (nSPS) is 26.0. The first-order chi connectivity index (χ1) is 20.3. The van der Waals surface area contributed by atoms with E-state index in [1.54, 1.807) is 13.8 Å². The van der Waals surface area contributed by atoms with Crippen LogP contribution in [0.3, 0.4) is 0 Å². The van der Waals surface area contributed by atoms with E-state index in [9.17, 15) is 23.7 Å². The van der Waals surface area contributed by atoms with Gasteiger partial charge in [-0.1, -0.05) is 0 Å². The van der Waals surface area contributed by atoms with Crippen molar-refractivity contribution in [3.63, 3.8) is 0 Å². The highest BCUT2D eigenvalue weighted by atomic mass is 35.5. The molecule has 0 aliphatic carbocycles. The number of aromatic nitrogens is 4. The number of nitrogens with one attached hydrogen (secondary N) is 2. The zero-order valence-corrected chi connectivity index (χ0v) is 26.1. The molecule has 19 heteroatoms. The number of rotatable bonds is 13. The molecule has 2 saturated heterocycles. The second-order valence-electron chi connectivity index (χ2n) is 9.96. The Morgan fingerprint density at radius 3 is 1.63 bits per heavy atom. The van der Waals surface area contributed by atoms with Crippen molar-refractivity contribution >= 4 is 31.0 Å². The summed E-state index contributed by atoms with van der Waals surface area (Å²) in [6.07, 6.45) is -1.18. The smallest absolute Gasteiger partial charge is 0.378 e. The first kappa shape index (κ1) is 33.8. The number of ether oxygens (including phenoxy) is 4. The molecule has 0 amide bonds. The van der Waals surface area contributed by atoms with Crippen LogP contribution in [-0.2, 0) is 37.1 Å². The van der Waals surface area contributed by atoms with Crippen LogP contribution in [0.2, 0.25) is 0 Å². The summed E-state index contributed by atoms with van der Waals surface area (Å²) in [5.74, 6) is 0. The number of alkyl halides is 2. The first-order valence-corrected chi connectivity index (χ1v) is 15.5. The molecule has 0 bridgehead atoms. The Labute approximate surface area is 254 Å². The van der Waals surface area contributed by atoms with Gasteiger partial charge in [-0.3, -0.25) is 42.3 Å². The molecule has 43 heavy (non-hydrogen) atoms. The molecule has 0 saturated carbocycles. The lowest BCUT2D eigenvalue weighted by molar-refractivity contribution is -0.0672. The second-order valence-corrected chi connectivity index (χ2v) is 12.9. The number of halogens is 2. The molecule has 4 rings (SSSR count). The molecule has 16 nitrogen and oxygen atoms in total. The standard InChI is InChI=1S/C24H33Cl2N4O12P/c1-12-7-29(23(33)27-21(12)31)19-5-14(36-3)16(41-19)9-38-43(35,40-11-18(25)26)39-10-17-15(37-4)6-20(42-17)30-8-13(2)22(32)28-24(30)34/h7-8,14-20H,5-6,9-11H2,1-4H3,(H,27,31,33)(H,28,32,34)/t14-,15-,16+,17+,19+,20+/m0/s1. The zero-order valence-electron chi connectivity index (χ0n) is 23.7. The lowest BCUT2D eigenvalue weighted by Crippen LogP contribution is -2.33. The van der Waals surface area contributed by atoms with Gasteiger partial charge < -0.3 is 18.9 Å². The highest BCUT2D eigenvalue weighted by molar-refractivity contribution is 7.48. The third-order valence-corrected chi connectivity index (χ3v) is 8.68. The van der Waals surface area contributed by atoms with Crippen molar-refractivity contribution in [1.82, 2.24) is 19.1 Å². The van der Waals surface area contributed by atoms with E-state index in [-0.39, 0.29) is 26.1 Å². The Morgan fingerprint density at radius 2 is 1.26 bits per heavy atom. The minimum Gasteiger partial charge on any atom is -0.378 e. The number of aromatic amines is 2. The molecule has 6 atom stereocenters. The largest absolute Gasteiger partial charge is 0.475 e. The topological polar surface area (TPSA) is 191 Å². The number of phosphoric acid groups is 1. The van der Waals surface area contributed by atoms with E-state index in [2.05, 4.69) is 9.97 Å². The summed E-state index contributed by atoms with van der Waals surface area (Å²) in [5.41, 5.74) is -1.72. The van der Waals surface area contributed by atoms with E-state index in [0.717, 1.165) is 0 Å². The maximum Gasteiger partial charge on any atom is 0.475 e. The molecule has 2 aromatic rings. The molecule has 2 N–H and O–H groups in total. The van der Waals surface area contributed by atoms with Crippen LogP contribution in [0.15, 0.2) is 31.6 Å². The van der Waals surface area contributed by atoms with Gasteiger partial charge in [-0.25, -0.2) is 14.2 Å². The fourth-order valence-corrected chi connectivity index (χ4v) is 6.24. The lowest BCUT2D eigenvalue weighted by Gasteiger charge is -2.24. The number of aryl methyl sites for hydroxylation is 2. The van der Waals surface area contributed by atoms with Gasteiger partial charge in [-0.2, -0.15) is 0 Å². The van der Waals surface area contributed by atoms with Crippen molar-refractivity contribution in [2.45, 2.75) is 68.4 Å². The average molecular weight is 671 g/mol. The van der Waals surface area contributed by atoms with E-state index in [1.165, 1.54) is 35.7 Å². The summed E-state index contributed by atoms with van der Waals surface area (Å²) in [7, 11) is -1.47. The van der Waals surface area contributed by atoms with Crippen LogP contribution in [0.4, 0.5) is 0 Å². The van der Waals surface area contributed by atoms with Crippen LogP contribution in [0.25, 0.3) is 0 Å². The van der Waals surface area contributed by atoms with Crippen LogP contribution >= 0.6 is 31.0 Å². The van der Waals surface area contributed by atoms with Gasteiger partial charge in [0.25, 0.3) is 11.1 Å². The summed E-state index contributed by atoms with van der Waals surface area (Å²) in [6, 6.07) is 0. The van der Waals surface area contributed by atoms with Gasteiger partial charge in [0.2, 0.25) is 0 Å². The Morgan fingerprint density at radius 1 is 0.837 bits per heavy atom. The second kappa shape index (κ2) is 14.3. The highest BCUT2D eigenvalue weighted by Gasteiger charge is 2.42. The molecule has 4 heterocycles. The summed E-state index contributed by atoms with van der Waals surface area (Å²) in [5, 5.41) is 0. The summed E-state index contributed by atoms with van der Waals surface area (Å²) < 4.78 is 55.5. The van der Waals surface area contributed by atoms with Crippen LogP contribution in [0.5, 0.6) is 0 Å². The van der Waals surface area contributed by atoms with E-state index < -0.39 is 78.6 Å². The third-order valence-electron chi connectivity index (χ3n) is 7.03. The van der Waals surface area contributed by atoms with Gasteiger partial charge in [0.05, 0.1) is 32.0 Å². The Hall–Kier alpha value is -2.11. The Bertz CT molecular complexity index is 1450. The molecule has 2 aliphatic rings. The maximum atomic E-state index is 13.6. The highest BCUT2D eigenvalue weighted by Crippen LogP contribution is 2.51. The van der Waals surface area contributed by atoms with Crippen molar-refractivity contribution in [3.05, 3.63) is 65.2 Å². The van der Waals surface area contributed by atoms with E-state index in [1.807, 2.05) is 0 Å². The summed E-state index contributed by atoms with van der Waals surface area (Å²) in [6.45, 7) is 2.02. The molecule has 2 aliphatic heterocycles.